The highest BCUT2D eigenvalue weighted by atomic mass is 35.5. The van der Waals surface area contributed by atoms with Crippen molar-refractivity contribution in [3.8, 4) is 5.75 Å². The van der Waals surface area contributed by atoms with E-state index >= 15 is 0 Å². The van der Waals surface area contributed by atoms with Crippen LogP contribution in [-0.4, -0.2) is 13.0 Å². The summed E-state index contributed by atoms with van der Waals surface area (Å²) in [7, 11) is 1.56. The lowest BCUT2D eigenvalue weighted by molar-refractivity contribution is 0.102. The van der Waals surface area contributed by atoms with Crippen molar-refractivity contribution in [1.29, 1.82) is 0 Å². The first kappa shape index (κ1) is 14.7. The van der Waals surface area contributed by atoms with E-state index < -0.39 is 0 Å². The fraction of sp³-hybridized carbons (Fsp3) is 0.133. The molecule has 0 heterocycles. The van der Waals surface area contributed by atoms with Crippen molar-refractivity contribution in [2.24, 2.45) is 0 Å². The predicted molar refractivity (Wildman–Crippen MR) is 82.1 cm³/mol. The van der Waals surface area contributed by atoms with E-state index in [0.29, 0.717) is 27.0 Å². The quantitative estimate of drug-likeness (QED) is 0.902. The third kappa shape index (κ3) is 3.24. The third-order valence-corrected chi connectivity index (χ3v) is 3.52. The molecule has 2 aromatic rings. The van der Waals surface area contributed by atoms with Crippen LogP contribution in [0.3, 0.4) is 0 Å². The van der Waals surface area contributed by atoms with Gasteiger partial charge < -0.3 is 10.1 Å². The lowest BCUT2D eigenvalue weighted by atomic mass is 10.1. The van der Waals surface area contributed by atoms with Crippen LogP contribution in [0.25, 0.3) is 0 Å². The maximum atomic E-state index is 12.2. The van der Waals surface area contributed by atoms with Crippen LogP contribution >= 0.6 is 23.2 Å². The summed E-state index contributed by atoms with van der Waals surface area (Å²) in [6.45, 7) is 1.94. The summed E-state index contributed by atoms with van der Waals surface area (Å²) in [6, 6.07) is 10.3. The van der Waals surface area contributed by atoms with Crippen molar-refractivity contribution in [2.75, 3.05) is 12.4 Å². The molecule has 0 fully saturated rings. The number of carbonyl (C=O) groups is 1. The molecule has 1 amide bonds. The summed E-state index contributed by atoms with van der Waals surface area (Å²) in [5.41, 5.74) is 2.07. The van der Waals surface area contributed by atoms with Crippen molar-refractivity contribution in [3.63, 3.8) is 0 Å². The van der Waals surface area contributed by atoms with Gasteiger partial charge in [-0.2, -0.15) is 0 Å². The Labute approximate surface area is 127 Å². The van der Waals surface area contributed by atoms with E-state index in [0.717, 1.165) is 5.56 Å². The zero-order valence-electron chi connectivity index (χ0n) is 11.0. The molecule has 0 unspecified atom stereocenters. The number of ether oxygens (including phenoxy) is 1. The van der Waals surface area contributed by atoms with E-state index in [9.17, 15) is 4.79 Å². The number of methoxy groups -OCH3 is 1. The second-order valence-corrected chi connectivity index (χ2v) is 5.10. The first-order chi connectivity index (χ1) is 9.51. The summed E-state index contributed by atoms with van der Waals surface area (Å²) in [4.78, 5) is 12.2. The predicted octanol–water partition coefficient (Wildman–Crippen LogP) is 4.56. The normalized spacial score (nSPS) is 10.2. The maximum Gasteiger partial charge on any atom is 0.255 e. The molecular formula is C15H13Cl2NO2. The number of hydrogen-bond acceptors (Lipinski definition) is 2. The molecule has 0 aliphatic carbocycles. The Bertz CT molecular complexity index is 656. The van der Waals surface area contributed by atoms with Crippen LogP contribution in [0, 0.1) is 6.92 Å². The molecule has 3 nitrogen and oxygen atoms in total. The average Bonchev–Trinajstić information content (AvgIpc) is 2.42. The number of amides is 1. The Hall–Kier alpha value is -1.71. The van der Waals surface area contributed by atoms with E-state index in [1.54, 1.807) is 25.3 Å². The lowest BCUT2D eigenvalue weighted by Crippen LogP contribution is -2.12. The second-order valence-electron chi connectivity index (χ2n) is 4.29. The van der Waals surface area contributed by atoms with Crippen molar-refractivity contribution < 1.29 is 9.53 Å². The van der Waals surface area contributed by atoms with Gasteiger partial charge in [-0.1, -0.05) is 29.3 Å². The Morgan fingerprint density at radius 2 is 1.85 bits per heavy atom. The number of halogens is 2. The molecular weight excluding hydrogens is 297 g/mol. The van der Waals surface area contributed by atoms with E-state index in [1.807, 2.05) is 19.1 Å². The minimum atomic E-state index is -0.271. The number of nitrogens with one attached hydrogen (secondary N) is 1. The SMILES string of the molecule is COc1ccc(C)cc1NC(=O)c1ccc(Cl)c(Cl)c1. The minimum Gasteiger partial charge on any atom is -0.495 e. The number of benzene rings is 2. The summed E-state index contributed by atoms with van der Waals surface area (Å²) < 4.78 is 5.22. The van der Waals surface area contributed by atoms with Gasteiger partial charge in [0.05, 0.1) is 22.8 Å². The van der Waals surface area contributed by atoms with Crippen molar-refractivity contribution in [2.45, 2.75) is 6.92 Å². The fourth-order valence-corrected chi connectivity index (χ4v) is 2.05. The highest BCUT2D eigenvalue weighted by Crippen LogP contribution is 2.27. The molecule has 0 spiro atoms. The van der Waals surface area contributed by atoms with E-state index in [1.165, 1.54) is 6.07 Å². The molecule has 0 atom stereocenters. The number of aryl methyl sites for hydroxylation is 1. The average molecular weight is 310 g/mol. The van der Waals surface area contributed by atoms with Crippen molar-refractivity contribution in [1.82, 2.24) is 0 Å². The van der Waals surface area contributed by atoms with Gasteiger partial charge >= 0.3 is 0 Å². The fourth-order valence-electron chi connectivity index (χ4n) is 1.75. The highest BCUT2D eigenvalue weighted by Gasteiger charge is 2.11. The minimum absolute atomic E-state index is 0.271. The lowest BCUT2D eigenvalue weighted by Gasteiger charge is -2.11. The molecule has 0 bridgehead atoms. The van der Waals surface area contributed by atoms with Gasteiger partial charge in [0.2, 0.25) is 0 Å². The van der Waals surface area contributed by atoms with Gasteiger partial charge in [0, 0.05) is 5.56 Å². The molecule has 0 aliphatic rings. The standard InChI is InChI=1S/C15H13Cl2NO2/c1-9-3-6-14(20-2)13(7-9)18-15(19)10-4-5-11(16)12(17)8-10/h3-8H,1-2H3,(H,18,19). The molecule has 1 N–H and O–H groups in total. The van der Waals surface area contributed by atoms with E-state index in [4.69, 9.17) is 27.9 Å². The summed E-state index contributed by atoms with van der Waals surface area (Å²) >= 11 is 11.7. The molecule has 0 saturated carbocycles. The smallest absolute Gasteiger partial charge is 0.255 e. The third-order valence-electron chi connectivity index (χ3n) is 2.78. The second kappa shape index (κ2) is 6.16. The Morgan fingerprint density at radius 1 is 1.10 bits per heavy atom. The molecule has 0 saturated heterocycles. The van der Waals surface area contributed by atoms with Gasteiger partial charge in [0.25, 0.3) is 5.91 Å². The number of hydrogen-bond donors (Lipinski definition) is 1. The molecule has 0 aliphatic heterocycles. The van der Waals surface area contributed by atoms with Crippen LogP contribution in [-0.2, 0) is 0 Å². The van der Waals surface area contributed by atoms with Gasteiger partial charge in [-0.15, -0.1) is 0 Å². The maximum absolute atomic E-state index is 12.2. The summed E-state index contributed by atoms with van der Waals surface area (Å²) in [5, 5.41) is 3.56. The largest absolute Gasteiger partial charge is 0.495 e. The van der Waals surface area contributed by atoms with Gasteiger partial charge in [0.15, 0.2) is 0 Å². The molecule has 20 heavy (non-hydrogen) atoms. The monoisotopic (exact) mass is 309 g/mol. The van der Waals surface area contributed by atoms with Crippen LogP contribution in [0.1, 0.15) is 15.9 Å². The van der Waals surface area contributed by atoms with E-state index in [-0.39, 0.29) is 5.91 Å². The molecule has 104 valence electrons. The zero-order chi connectivity index (χ0) is 14.7. The van der Waals surface area contributed by atoms with E-state index in [2.05, 4.69) is 5.32 Å². The Balaban J connectivity index is 2.27. The van der Waals surface area contributed by atoms with Crippen molar-refractivity contribution in [3.05, 3.63) is 57.6 Å². The van der Waals surface area contributed by atoms with Crippen LogP contribution in [0.5, 0.6) is 5.75 Å². The number of carbonyl (C=O) groups excluding carboxylic acids is 1. The van der Waals surface area contributed by atoms with Gasteiger partial charge in [0.1, 0.15) is 5.75 Å². The topological polar surface area (TPSA) is 38.3 Å². The summed E-state index contributed by atoms with van der Waals surface area (Å²) in [5.74, 6) is 0.330. The Kier molecular flexibility index (Phi) is 4.53. The van der Waals surface area contributed by atoms with Crippen LogP contribution < -0.4 is 10.1 Å². The first-order valence-corrected chi connectivity index (χ1v) is 6.68. The molecule has 0 aromatic heterocycles. The van der Waals surface area contributed by atoms with Crippen LogP contribution in [0.15, 0.2) is 36.4 Å². The van der Waals surface area contributed by atoms with Gasteiger partial charge in [-0.25, -0.2) is 0 Å². The first-order valence-electron chi connectivity index (χ1n) is 5.92. The molecule has 2 aromatic carbocycles. The van der Waals surface area contributed by atoms with Gasteiger partial charge in [-0.3, -0.25) is 4.79 Å². The Morgan fingerprint density at radius 3 is 2.50 bits per heavy atom. The van der Waals surface area contributed by atoms with Crippen LogP contribution in [0.4, 0.5) is 5.69 Å². The highest BCUT2D eigenvalue weighted by molar-refractivity contribution is 6.42. The molecule has 2 rings (SSSR count). The van der Waals surface area contributed by atoms with Gasteiger partial charge in [-0.05, 0) is 42.8 Å². The van der Waals surface area contributed by atoms with Crippen molar-refractivity contribution >= 4 is 34.8 Å². The zero-order valence-corrected chi connectivity index (χ0v) is 12.5. The summed E-state index contributed by atoms with van der Waals surface area (Å²) in [6.07, 6.45) is 0. The number of anilines is 1. The molecule has 5 heteroatoms. The van der Waals surface area contributed by atoms with Crippen LogP contribution in [0.2, 0.25) is 10.0 Å². The number of rotatable bonds is 3. The molecule has 0 radical (unpaired) electrons.